The summed E-state index contributed by atoms with van der Waals surface area (Å²) in [5.74, 6) is -2.02. The Morgan fingerprint density at radius 3 is 2.31 bits per heavy atom. The second-order valence-corrected chi connectivity index (χ2v) is 7.78. The van der Waals surface area contributed by atoms with Gasteiger partial charge in [-0.05, 0) is 61.3 Å². The van der Waals surface area contributed by atoms with Crippen LogP contribution in [0.1, 0.15) is 43.5 Å². The number of hydrogen-bond donors (Lipinski definition) is 2. The fourth-order valence-corrected chi connectivity index (χ4v) is 4.26. The van der Waals surface area contributed by atoms with Gasteiger partial charge in [0.2, 0.25) is 5.91 Å². The molecule has 2 fully saturated rings. The third-order valence-electron chi connectivity index (χ3n) is 5.44. The standard InChI is InChI=1S/C20H25NO5/c1-11(2)10-26-20(25)12-5-7-15(8-6-12)21-18(22)16-13-3-4-14(9-13)17(16)19(23)24/h5-8,11,13-14,16-17H,3-4,9-10H2,1-2H3,(H,21,22)(H,23,24)/t13-,14+,16+,17+/m1/s1. The van der Waals surface area contributed by atoms with Crippen LogP contribution in [-0.4, -0.2) is 29.6 Å². The number of carboxylic acid groups (broad SMARTS) is 1. The average molecular weight is 359 g/mol. The molecule has 0 saturated heterocycles. The van der Waals surface area contributed by atoms with E-state index >= 15 is 0 Å². The van der Waals surface area contributed by atoms with Crippen LogP contribution in [-0.2, 0) is 14.3 Å². The van der Waals surface area contributed by atoms with Gasteiger partial charge in [-0.2, -0.15) is 0 Å². The van der Waals surface area contributed by atoms with Crippen LogP contribution in [0.5, 0.6) is 0 Å². The molecule has 2 aliphatic rings. The quantitative estimate of drug-likeness (QED) is 0.761. The van der Waals surface area contributed by atoms with Gasteiger partial charge in [0, 0.05) is 5.69 Å². The number of carbonyl (C=O) groups is 3. The molecule has 2 N–H and O–H groups in total. The number of nitrogens with one attached hydrogen (secondary N) is 1. The predicted octanol–water partition coefficient (Wildman–Crippen LogP) is 3.18. The average Bonchev–Trinajstić information content (AvgIpc) is 3.21. The van der Waals surface area contributed by atoms with Crippen LogP contribution in [0.3, 0.4) is 0 Å². The summed E-state index contributed by atoms with van der Waals surface area (Å²) >= 11 is 0. The number of carbonyl (C=O) groups excluding carboxylic acids is 2. The van der Waals surface area contributed by atoms with Crippen molar-refractivity contribution in [1.29, 1.82) is 0 Å². The summed E-state index contributed by atoms with van der Waals surface area (Å²) in [5, 5.41) is 12.3. The SMILES string of the molecule is CC(C)COC(=O)c1ccc(NC(=O)[C@H]2[C@@H]3CC[C@@H](C3)[C@@H]2C(=O)O)cc1. The molecule has 1 amide bonds. The van der Waals surface area contributed by atoms with Crippen LogP contribution in [0, 0.1) is 29.6 Å². The fraction of sp³-hybridized carbons (Fsp3) is 0.550. The first-order valence-electron chi connectivity index (χ1n) is 9.17. The number of anilines is 1. The van der Waals surface area contributed by atoms with E-state index in [1.54, 1.807) is 24.3 Å². The van der Waals surface area contributed by atoms with Crippen LogP contribution in [0.25, 0.3) is 0 Å². The zero-order valence-corrected chi connectivity index (χ0v) is 15.1. The van der Waals surface area contributed by atoms with Crippen molar-refractivity contribution in [2.45, 2.75) is 33.1 Å². The molecule has 1 aromatic rings. The Balaban J connectivity index is 1.63. The van der Waals surface area contributed by atoms with Gasteiger partial charge in [-0.1, -0.05) is 13.8 Å². The van der Waals surface area contributed by atoms with Crippen molar-refractivity contribution >= 4 is 23.5 Å². The van der Waals surface area contributed by atoms with Crippen LogP contribution >= 0.6 is 0 Å². The van der Waals surface area contributed by atoms with Crippen molar-refractivity contribution in [2.75, 3.05) is 11.9 Å². The maximum atomic E-state index is 12.6. The number of amides is 1. The van der Waals surface area contributed by atoms with Crippen LogP contribution < -0.4 is 5.32 Å². The lowest BCUT2D eigenvalue weighted by molar-refractivity contribution is -0.148. The highest BCUT2D eigenvalue weighted by Gasteiger charge is 2.53. The van der Waals surface area contributed by atoms with Gasteiger partial charge < -0.3 is 15.2 Å². The number of esters is 1. The summed E-state index contributed by atoms with van der Waals surface area (Å²) in [7, 11) is 0. The number of hydrogen-bond acceptors (Lipinski definition) is 4. The molecule has 0 radical (unpaired) electrons. The topological polar surface area (TPSA) is 92.7 Å². The third-order valence-corrected chi connectivity index (χ3v) is 5.44. The van der Waals surface area contributed by atoms with E-state index in [0.29, 0.717) is 17.9 Å². The first kappa shape index (κ1) is 18.4. The van der Waals surface area contributed by atoms with E-state index in [-0.39, 0.29) is 23.7 Å². The Bertz CT molecular complexity index is 697. The first-order chi connectivity index (χ1) is 12.4. The predicted molar refractivity (Wildman–Crippen MR) is 95.6 cm³/mol. The molecule has 0 aromatic heterocycles. The molecule has 3 rings (SSSR count). The number of rotatable bonds is 6. The minimum absolute atomic E-state index is 0.117. The number of benzene rings is 1. The molecule has 26 heavy (non-hydrogen) atoms. The highest BCUT2D eigenvalue weighted by atomic mass is 16.5. The van der Waals surface area contributed by atoms with Gasteiger partial charge in [0.25, 0.3) is 0 Å². The molecule has 2 bridgehead atoms. The Hall–Kier alpha value is -2.37. The lowest BCUT2D eigenvalue weighted by Gasteiger charge is -2.27. The Kier molecular flexibility index (Phi) is 5.30. The van der Waals surface area contributed by atoms with Gasteiger partial charge in [0.05, 0.1) is 24.0 Å². The summed E-state index contributed by atoms with van der Waals surface area (Å²) in [4.78, 5) is 36.1. The van der Waals surface area contributed by atoms with E-state index < -0.39 is 23.8 Å². The van der Waals surface area contributed by atoms with Crippen molar-refractivity contribution in [3.63, 3.8) is 0 Å². The maximum absolute atomic E-state index is 12.6. The molecule has 2 saturated carbocycles. The summed E-state index contributed by atoms with van der Waals surface area (Å²) in [6.45, 7) is 4.29. The van der Waals surface area contributed by atoms with Crippen LogP contribution in [0.2, 0.25) is 0 Å². The van der Waals surface area contributed by atoms with E-state index in [2.05, 4.69) is 5.32 Å². The lowest BCUT2D eigenvalue weighted by Crippen LogP contribution is -2.37. The second-order valence-electron chi connectivity index (χ2n) is 7.78. The molecule has 0 aliphatic heterocycles. The van der Waals surface area contributed by atoms with Crippen LogP contribution in [0.15, 0.2) is 24.3 Å². The van der Waals surface area contributed by atoms with E-state index in [9.17, 15) is 19.5 Å². The Labute approximate surface area is 152 Å². The van der Waals surface area contributed by atoms with Crippen molar-refractivity contribution in [3.05, 3.63) is 29.8 Å². The van der Waals surface area contributed by atoms with Crippen molar-refractivity contribution < 1.29 is 24.2 Å². The highest BCUT2D eigenvalue weighted by Crippen LogP contribution is 2.52. The van der Waals surface area contributed by atoms with E-state index in [1.165, 1.54) is 0 Å². The zero-order chi connectivity index (χ0) is 18.8. The summed E-state index contributed by atoms with van der Waals surface area (Å²) in [6, 6.07) is 6.50. The molecule has 2 aliphatic carbocycles. The highest BCUT2D eigenvalue weighted by molar-refractivity contribution is 5.96. The molecule has 0 spiro atoms. The van der Waals surface area contributed by atoms with Gasteiger partial charge >= 0.3 is 11.9 Å². The van der Waals surface area contributed by atoms with E-state index in [0.717, 1.165) is 19.3 Å². The first-order valence-corrected chi connectivity index (χ1v) is 9.17. The zero-order valence-electron chi connectivity index (χ0n) is 15.1. The second kappa shape index (κ2) is 7.48. The molecule has 140 valence electrons. The minimum Gasteiger partial charge on any atom is -0.481 e. The maximum Gasteiger partial charge on any atom is 0.338 e. The minimum atomic E-state index is -0.874. The molecular formula is C20H25NO5. The summed E-state index contributed by atoms with van der Waals surface area (Å²) < 4.78 is 5.17. The largest absolute Gasteiger partial charge is 0.481 e. The number of fused-ring (bicyclic) bond motifs is 2. The van der Waals surface area contributed by atoms with Crippen LogP contribution in [0.4, 0.5) is 5.69 Å². The molecule has 6 nitrogen and oxygen atoms in total. The fourth-order valence-electron chi connectivity index (χ4n) is 4.26. The summed E-state index contributed by atoms with van der Waals surface area (Å²) in [6.07, 6.45) is 2.65. The molecular weight excluding hydrogens is 334 g/mol. The smallest absolute Gasteiger partial charge is 0.338 e. The van der Waals surface area contributed by atoms with Gasteiger partial charge in [0.15, 0.2) is 0 Å². The summed E-state index contributed by atoms with van der Waals surface area (Å²) in [5.41, 5.74) is 0.981. The number of aliphatic carboxylic acids is 1. The molecule has 4 atom stereocenters. The van der Waals surface area contributed by atoms with Crippen molar-refractivity contribution in [1.82, 2.24) is 0 Å². The Morgan fingerprint density at radius 1 is 1.12 bits per heavy atom. The molecule has 6 heteroatoms. The number of ether oxygens (including phenoxy) is 1. The third kappa shape index (κ3) is 3.74. The van der Waals surface area contributed by atoms with Gasteiger partial charge in [0.1, 0.15) is 0 Å². The molecule has 0 unspecified atom stereocenters. The van der Waals surface area contributed by atoms with E-state index in [4.69, 9.17) is 4.74 Å². The van der Waals surface area contributed by atoms with Crippen molar-refractivity contribution in [2.24, 2.45) is 29.6 Å². The van der Waals surface area contributed by atoms with Gasteiger partial charge in [-0.3, -0.25) is 9.59 Å². The van der Waals surface area contributed by atoms with Gasteiger partial charge in [-0.25, -0.2) is 4.79 Å². The lowest BCUT2D eigenvalue weighted by atomic mass is 9.78. The molecule has 1 aromatic carbocycles. The normalized spacial score (nSPS) is 26.7. The van der Waals surface area contributed by atoms with Crippen molar-refractivity contribution in [3.8, 4) is 0 Å². The monoisotopic (exact) mass is 359 g/mol. The Morgan fingerprint density at radius 2 is 1.73 bits per heavy atom. The van der Waals surface area contributed by atoms with Gasteiger partial charge in [-0.15, -0.1) is 0 Å². The van der Waals surface area contributed by atoms with E-state index in [1.807, 2.05) is 13.8 Å². The molecule has 0 heterocycles. The number of carboxylic acids is 1.